The first-order valence-electron chi connectivity index (χ1n) is 8.94. The van der Waals surface area contributed by atoms with Crippen LogP contribution < -0.4 is 0 Å². The Morgan fingerprint density at radius 1 is 1.08 bits per heavy atom. The molecule has 1 atom stereocenters. The summed E-state index contributed by atoms with van der Waals surface area (Å²) in [6.45, 7) is 13.1. The topological polar surface area (TPSA) is 77.9 Å². The van der Waals surface area contributed by atoms with Crippen LogP contribution in [0.15, 0.2) is 17.0 Å². The second kappa shape index (κ2) is 7.29. The lowest BCUT2D eigenvalue weighted by atomic mass is 9.85. The molecule has 7 heteroatoms. The molecule has 1 N–H and O–H groups in total. The zero-order chi connectivity index (χ0) is 19.9. The Morgan fingerprint density at radius 2 is 1.54 bits per heavy atom. The average Bonchev–Trinajstić information content (AvgIpc) is 2.52. The lowest BCUT2D eigenvalue weighted by molar-refractivity contribution is -0.143. The molecule has 1 aromatic rings. The molecule has 0 spiro atoms. The Balaban J connectivity index is 2.28. The smallest absolute Gasteiger partial charge is 0.320 e. The number of piperazine rings is 1. The summed E-state index contributed by atoms with van der Waals surface area (Å²) in [5, 5.41) is 9.13. The van der Waals surface area contributed by atoms with Crippen LogP contribution in [0.2, 0.25) is 0 Å². The summed E-state index contributed by atoms with van der Waals surface area (Å²) in [5.74, 6) is -0.884. The normalized spacial score (nSPS) is 18.7. The molecular formula is C19H30N2O4S. The van der Waals surface area contributed by atoms with Crippen LogP contribution in [0.25, 0.3) is 0 Å². The standard InChI is InChI=1S/C19H30N2O4S/c1-13-11-16(19(4,5)6)12-14(2)17(13)26(24,25)21-9-7-20(8-10-21)15(3)18(22)23/h11-12,15H,7-10H2,1-6H3,(H,22,23). The Bertz CT molecular complexity index is 765. The number of sulfonamides is 1. The Kier molecular flexibility index (Phi) is 5.85. The van der Waals surface area contributed by atoms with Crippen LogP contribution in [0.4, 0.5) is 0 Å². The molecule has 2 rings (SSSR count). The SMILES string of the molecule is Cc1cc(C(C)(C)C)cc(C)c1S(=O)(=O)N1CCN(C(C)C(=O)O)CC1. The van der Waals surface area contributed by atoms with Crippen LogP contribution in [-0.4, -0.2) is 60.9 Å². The van der Waals surface area contributed by atoms with Crippen LogP contribution in [0, 0.1) is 13.8 Å². The summed E-state index contributed by atoms with van der Waals surface area (Å²) in [6.07, 6.45) is 0. The number of rotatable bonds is 4. The van der Waals surface area contributed by atoms with Crippen LogP contribution in [0.5, 0.6) is 0 Å². The highest BCUT2D eigenvalue weighted by molar-refractivity contribution is 7.89. The molecule has 0 amide bonds. The van der Waals surface area contributed by atoms with Gasteiger partial charge in [-0.05, 0) is 42.9 Å². The van der Waals surface area contributed by atoms with E-state index < -0.39 is 22.0 Å². The molecule has 0 bridgehead atoms. The highest BCUT2D eigenvalue weighted by Gasteiger charge is 2.33. The molecule has 1 saturated heterocycles. The van der Waals surface area contributed by atoms with Gasteiger partial charge in [-0.1, -0.05) is 32.9 Å². The molecule has 1 aliphatic rings. The van der Waals surface area contributed by atoms with Crippen molar-refractivity contribution in [1.29, 1.82) is 0 Å². The molecular weight excluding hydrogens is 352 g/mol. The molecule has 1 aromatic carbocycles. The Hall–Kier alpha value is -1.44. The number of nitrogens with zero attached hydrogens (tertiary/aromatic N) is 2. The molecule has 0 aliphatic carbocycles. The van der Waals surface area contributed by atoms with Crippen molar-refractivity contribution in [2.75, 3.05) is 26.2 Å². The molecule has 6 nitrogen and oxygen atoms in total. The number of aryl methyl sites for hydroxylation is 2. The summed E-state index contributed by atoms with van der Waals surface area (Å²) in [6, 6.07) is 3.32. The highest BCUT2D eigenvalue weighted by Crippen LogP contribution is 2.31. The van der Waals surface area contributed by atoms with Gasteiger partial charge in [-0.3, -0.25) is 9.69 Å². The first-order valence-corrected chi connectivity index (χ1v) is 10.4. The fourth-order valence-electron chi connectivity index (χ4n) is 3.41. The minimum absolute atomic E-state index is 0.0452. The quantitative estimate of drug-likeness (QED) is 0.865. The summed E-state index contributed by atoms with van der Waals surface area (Å²) in [7, 11) is -3.60. The monoisotopic (exact) mass is 382 g/mol. The molecule has 146 valence electrons. The van der Waals surface area contributed by atoms with Crippen LogP contribution in [-0.2, 0) is 20.2 Å². The Morgan fingerprint density at radius 3 is 1.92 bits per heavy atom. The predicted octanol–water partition coefficient (Wildman–Crippen LogP) is 2.38. The second-order valence-corrected chi connectivity index (χ2v) is 10.0. The number of carbonyl (C=O) groups is 1. The fourth-order valence-corrected chi connectivity index (χ4v) is 5.24. The maximum absolute atomic E-state index is 13.2. The summed E-state index contributed by atoms with van der Waals surface area (Å²) >= 11 is 0. The molecule has 26 heavy (non-hydrogen) atoms. The summed E-state index contributed by atoms with van der Waals surface area (Å²) < 4.78 is 27.9. The van der Waals surface area contributed by atoms with Gasteiger partial charge < -0.3 is 5.11 Å². The van der Waals surface area contributed by atoms with E-state index in [0.717, 1.165) is 16.7 Å². The molecule has 0 aromatic heterocycles. The first-order chi connectivity index (χ1) is 11.9. The molecule has 1 aliphatic heterocycles. The second-order valence-electron chi connectivity index (χ2n) is 8.14. The van der Waals surface area contributed by atoms with Gasteiger partial charge in [-0.15, -0.1) is 0 Å². The Labute approximate surface area is 156 Å². The van der Waals surface area contributed by atoms with Crippen molar-refractivity contribution in [3.8, 4) is 0 Å². The van der Waals surface area contributed by atoms with E-state index in [2.05, 4.69) is 20.8 Å². The lowest BCUT2D eigenvalue weighted by Crippen LogP contribution is -2.53. The maximum Gasteiger partial charge on any atom is 0.320 e. The largest absolute Gasteiger partial charge is 0.480 e. The third kappa shape index (κ3) is 4.10. The van der Waals surface area contributed by atoms with E-state index in [1.807, 2.05) is 26.0 Å². The van der Waals surface area contributed by atoms with Crippen molar-refractivity contribution in [3.63, 3.8) is 0 Å². The van der Waals surface area contributed by atoms with Gasteiger partial charge in [0.05, 0.1) is 4.90 Å². The van der Waals surface area contributed by atoms with Gasteiger partial charge in [-0.25, -0.2) is 8.42 Å². The minimum Gasteiger partial charge on any atom is -0.480 e. The van der Waals surface area contributed by atoms with Crippen LogP contribution in [0.3, 0.4) is 0 Å². The van der Waals surface area contributed by atoms with Gasteiger partial charge in [0.25, 0.3) is 0 Å². The number of aliphatic carboxylic acids is 1. The van der Waals surface area contributed by atoms with E-state index in [1.165, 1.54) is 4.31 Å². The summed E-state index contributed by atoms with van der Waals surface area (Å²) in [4.78, 5) is 13.3. The van der Waals surface area contributed by atoms with Gasteiger partial charge in [0.1, 0.15) is 6.04 Å². The van der Waals surface area contributed by atoms with E-state index in [1.54, 1.807) is 11.8 Å². The van der Waals surface area contributed by atoms with Crippen molar-refractivity contribution < 1.29 is 18.3 Å². The third-order valence-corrected chi connectivity index (χ3v) is 7.31. The number of hydrogen-bond acceptors (Lipinski definition) is 4. The van der Waals surface area contributed by atoms with Gasteiger partial charge in [0.15, 0.2) is 0 Å². The van der Waals surface area contributed by atoms with E-state index in [-0.39, 0.29) is 5.41 Å². The van der Waals surface area contributed by atoms with Crippen molar-refractivity contribution in [1.82, 2.24) is 9.21 Å². The zero-order valence-corrected chi connectivity index (χ0v) is 17.4. The van der Waals surface area contributed by atoms with Crippen LogP contribution >= 0.6 is 0 Å². The van der Waals surface area contributed by atoms with Crippen LogP contribution in [0.1, 0.15) is 44.4 Å². The minimum atomic E-state index is -3.60. The van der Waals surface area contributed by atoms with E-state index >= 15 is 0 Å². The third-order valence-electron chi connectivity index (χ3n) is 5.10. The number of hydrogen-bond donors (Lipinski definition) is 1. The van der Waals surface area contributed by atoms with Gasteiger partial charge >= 0.3 is 5.97 Å². The van der Waals surface area contributed by atoms with Gasteiger partial charge in [0, 0.05) is 26.2 Å². The van der Waals surface area contributed by atoms with E-state index in [0.29, 0.717) is 31.1 Å². The molecule has 0 radical (unpaired) electrons. The summed E-state index contributed by atoms with van der Waals surface area (Å²) in [5.41, 5.74) is 2.59. The molecule has 1 heterocycles. The molecule has 0 saturated carbocycles. The van der Waals surface area contributed by atoms with Crippen molar-refractivity contribution >= 4 is 16.0 Å². The van der Waals surface area contributed by atoms with E-state index in [4.69, 9.17) is 5.11 Å². The number of carboxylic acids is 1. The molecule has 1 unspecified atom stereocenters. The maximum atomic E-state index is 13.2. The van der Waals surface area contributed by atoms with E-state index in [9.17, 15) is 13.2 Å². The fraction of sp³-hybridized carbons (Fsp3) is 0.632. The first kappa shape index (κ1) is 20.9. The lowest BCUT2D eigenvalue weighted by Gasteiger charge is -2.36. The van der Waals surface area contributed by atoms with Gasteiger partial charge in [-0.2, -0.15) is 4.31 Å². The van der Waals surface area contributed by atoms with Crippen molar-refractivity contribution in [2.45, 2.75) is 57.9 Å². The number of carboxylic acid groups (broad SMARTS) is 1. The van der Waals surface area contributed by atoms with Gasteiger partial charge in [0.2, 0.25) is 10.0 Å². The zero-order valence-electron chi connectivity index (χ0n) is 16.5. The van der Waals surface area contributed by atoms with Crippen molar-refractivity contribution in [3.05, 3.63) is 28.8 Å². The number of benzene rings is 1. The predicted molar refractivity (Wildman–Crippen MR) is 102 cm³/mol. The highest BCUT2D eigenvalue weighted by atomic mass is 32.2. The molecule has 1 fully saturated rings. The average molecular weight is 383 g/mol. The van der Waals surface area contributed by atoms with Crippen molar-refractivity contribution in [2.24, 2.45) is 0 Å².